The molecule has 1 heterocycles. The maximum atomic E-state index is 13.2. The minimum Gasteiger partial charge on any atom is -0.465 e. The summed E-state index contributed by atoms with van der Waals surface area (Å²) in [5.41, 5.74) is 1.17. The van der Waals surface area contributed by atoms with Crippen LogP contribution in [0, 0.1) is 0 Å². The molecule has 0 atom stereocenters. The predicted octanol–water partition coefficient (Wildman–Crippen LogP) is 4.23. The molecular formula is C18H16Cl2N2O4S. The van der Waals surface area contributed by atoms with Gasteiger partial charge < -0.3 is 9.72 Å². The molecule has 3 aromatic rings. The average Bonchev–Trinajstić information content (AvgIpc) is 3.06. The van der Waals surface area contributed by atoms with Gasteiger partial charge in [-0.2, -0.15) is 0 Å². The molecule has 0 aliphatic carbocycles. The first-order valence-corrected chi connectivity index (χ1v) is 10.2. The summed E-state index contributed by atoms with van der Waals surface area (Å²) in [5.74, 6) is -0.664. The van der Waals surface area contributed by atoms with E-state index >= 15 is 0 Å². The van der Waals surface area contributed by atoms with Crippen molar-refractivity contribution in [3.63, 3.8) is 0 Å². The van der Waals surface area contributed by atoms with Crippen LogP contribution in [0.15, 0.2) is 53.6 Å². The minimum atomic E-state index is -4.11. The van der Waals surface area contributed by atoms with Crippen LogP contribution in [0.5, 0.6) is 0 Å². The van der Waals surface area contributed by atoms with Gasteiger partial charge in [0.1, 0.15) is 6.54 Å². The third-order valence-electron chi connectivity index (χ3n) is 3.83. The van der Waals surface area contributed by atoms with Crippen molar-refractivity contribution in [1.29, 1.82) is 0 Å². The lowest BCUT2D eigenvalue weighted by Crippen LogP contribution is -2.36. The number of fused-ring (bicyclic) bond motifs is 1. The van der Waals surface area contributed by atoms with Crippen molar-refractivity contribution in [2.45, 2.75) is 11.8 Å². The molecule has 0 radical (unpaired) electrons. The largest absolute Gasteiger partial charge is 0.465 e. The standard InChI is InChI=1S/C18H16Cl2N2O4S/c1-2-26-18(23)11-22(15-3-4-17-12(7-15)5-6-21-17)27(24,25)16-9-13(19)8-14(20)10-16/h3-10,21H,2,11H2,1H3. The summed E-state index contributed by atoms with van der Waals surface area (Å²) in [5, 5.41) is 1.16. The van der Waals surface area contributed by atoms with Crippen LogP contribution in [0.25, 0.3) is 10.9 Å². The molecule has 0 unspecified atom stereocenters. The number of benzene rings is 2. The highest BCUT2D eigenvalue weighted by Gasteiger charge is 2.28. The van der Waals surface area contributed by atoms with E-state index in [0.29, 0.717) is 5.69 Å². The van der Waals surface area contributed by atoms with Crippen LogP contribution in [0.1, 0.15) is 6.92 Å². The number of esters is 1. The molecule has 0 bridgehead atoms. The van der Waals surface area contributed by atoms with Crippen molar-refractivity contribution in [2.24, 2.45) is 0 Å². The lowest BCUT2D eigenvalue weighted by Gasteiger charge is -2.24. The predicted molar refractivity (Wildman–Crippen MR) is 106 cm³/mol. The Morgan fingerprint density at radius 3 is 2.48 bits per heavy atom. The first-order chi connectivity index (χ1) is 12.8. The van der Waals surface area contributed by atoms with Crippen LogP contribution in [0.3, 0.4) is 0 Å². The second-order valence-electron chi connectivity index (χ2n) is 5.67. The highest BCUT2D eigenvalue weighted by atomic mass is 35.5. The van der Waals surface area contributed by atoms with E-state index in [1.165, 1.54) is 18.2 Å². The van der Waals surface area contributed by atoms with Gasteiger partial charge >= 0.3 is 5.97 Å². The van der Waals surface area contributed by atoms with Crippen LogP contribution < -0.4 is 4.31 Å². The van der Waals surface area contributed by atoms with Crippen LogP contribution in [-0.4, -0.2) is 32.5 Å². The first-order valence-electron chi connectivity index (χ1n) is 8.03. The maximum Gasteiger partial charge on any atom is 0.326 e. The fourth-order valence-electron chi connectivity index (χ4n) is 2.64. The first kappa shape index (κ1) is 19.5. The van der Waals surface area contributed by atoms with Gasteiger partial charge in [-0.05, 0) is 49.4 Å². The molecule has 0 aliphatic heterocycles. The fraction of sp³-hybridized carbons (Fsp3) is 0.167. The van der Waals surface area contributed by atoms with E-state index in [2.05, 4.69) is 4.98 Å². The quantitative estimate of drug-likeness (QED) is 0.597. The molecule has 2 aromatic carbocycles. The monoisotopic (exact) mass is 426 g/mol. The fourth-order valence-corrected chi connectivity index (χ4v) is 4.77. The molecule has 0 amide bonds. The van der Waals surface area contributed by atoms with Crippen molar-refractivity contribution in [1.82, 2.24) is 4.98 Å². The van der Waals surface area contributed by atoms with Crippen LogP contribution in [-0.2, 0) is 19.6 Å². The Morgan fingerprint density at radius 2 is 1.81 bits per heavy atom. The Hall–Kier alpha value is -2.22. The van der Waals surface area contributed by atoms with Crippen molar-refractivity contribution in [3.05, 3.63) is 58.7 Å². The Labute approximate surface area is 166 Å². The number of ether oxygens (including phenoxy) is 1. The zero-order valence-electron chi connectivity index (χ0n) is 14.3. The van der Waals surface area contributed by atoms with Crippen LogP contribution in [0.2, 0.25) is 10.0 Å². The zero-order chi connectivity index (χ0) is 19.6. The number of anilines is 1. The summed E-state index contributed by atoms with van der Waals surface area (Å²) in [7, 11) is -4.11. The lowest BCUT2D eigenvalue weighted by molar-refractivity contribution is -0.141. The van der Waals surface area contributed by atoms with E-state index in [0.717, 1.165) is 15.2 Å². The van der Waals surface area contributed by atoms with E-state index in [1.54, 1.807) is 31.3 Å². The number of H-pyrrole nitrogens is 1. The van der Waals surface area contributed by atoms with Gasteiger partial charge in [-0.25, -0.2) is 8.42 Å². The summed E-state index contributed by atoms with van der Waals surface area (Å²) < 4.78 is 32.4. The van der Waals surface area contributed by atoms with Gasteiger partial charge in [0.05, 0.1) is 17.2 Å². The smallest absolute Gasteiger partial charge is 0.326 e. The van der Waals surface area contributed by atoms with Crippen molar-refractivity contribution < 1.29 is 17.9 Å². The van der Waals surface area contributed by atoms with E-state index < -0.39 is 22.5 Å². The van der Waals surface area contributed by atoms with Crippen LogP contribution in [0.4, 0.5) is 5.69 Å². The number of nitrogens with zero attached hydrogens (tertiary/aromatic N) is 1. The molecule has 0 spiro atoms. The number of carbonyl (C=O) groups excluding carboxylic acids is 1. The maximum absolute atomic E-state index is 13.2. The Balaban J connectivity index is 2.11. The summed E-state index contributed by atoms with van der Waals surface area (Å²) in [6.45, 7) is 1.32. The lowest BCUT2D eigenvalue weighted by atomic mass is 10.2. The van der Waals surface area contributed by atoms with Crippen molar-refractivity contribution in [3.8, 4) is 0 Å². The second-order valence-corrected chi connectivity index (χ2v) is 8.41. The Bertz CT molecular complexity index is 1080. The molecule has 27 heavy (non-hydrogen) atoms. The van der Waals surface area contributed by atoms with Gasteiger partial charge in [-0.1, -0.05) is 23.2 Å². The number of sulfonamides is 1. The molecular weight excluding hydrogens is 411 g/mol. The summed E-state index contributed by atoms with van der Waals surface area (Å²) >= 11 is 11.9. The highest BCUT2D eigenvalue weighted by molar-refractivity contribution is 7.92. The third kappa shape index (κ3) is 4.21. The number of halogens is 2. The van der Waals surface area contributed by atoms with E-state index in [4.69, 9.17) is 27.9 Å². The number of nitrogens with one attached hydrogen (secondary N) is 1. The number of rotatable bonds is 6. The van der Waals surface area contributed by atoms with Gasteiger partial charge in [0.15, 0.2) is 0 Å². The van der Waals surface area contributed by atoms with E-state index in [9.17, 15) is 13.2 Å². The molecule has 3 rings (SSSR count). The van der Waals surface area contributed by atoms with E-state index in [-0.39, 0.29) is 21.5 Å². The number of aromatic nitrogens is 1. The zero-order valence-corrected chi connectivity index (χ0v) is 16.6. The number of hydrogen-bond acceptors (Lipinski definition) is 4. The number of hydrogen-bond donors (Lipinski definition) is 1. The average molecular weight is 427 g/mol. The summed E-state index contributed by atoms with van der Waals surface area (Å²) in [6.07, 6.45) is 1.75. The normalized spacial score (nSPS) is 11.5. The summed E-state index contributed by atoms with van der Waals surface area (Å²) in [6, 6.07) is 10.8. The Morgan fingerprint density at radius 1 is 1.11 bits per heavy atom. The SMILES string of the molecule is CCOC(=O)CN(c1ccc2[nH]ccc2c1)S(=O)(=O)c1cc(Cl)cc(Cl)c1. The molecule has 142 valence electrons. The molecule has 0 aliphatic rings. The molecule has 9 heteroatoms. The topological polar surface area (TPSA) is 79.5 Å². The van der Waals surface area contributed by atoms with Gasteiger partial charge in [0, 0.05) is 27.1 Å². The van der Waals surface area contributed by atoms with Gasteiger partial charge in [0.25, 0.3) is 10.0 Å². The molecule has 0 saturated carbocycles. The summed E-state index contributed by atoms with van der Waals surface area (Å²) in [4.78, 5) is 15.0. The highest BCUT2D eigenvalue weighted by Crippen LogP contribution is 2.30. The van der Waals surface area contributed by atoms with E-state index in [1.807, 2.05) is 6.07 Å². The third-order valence-corrected chi connectivity index (χ3v) is 6.02. The van der Waals surface area contributed by atoms with Crippen molar-refractivity contribution >= 4 is 55.8 Å². The number of aromatic amines is 1. The molecule has 1 N–H and O–H groups in total. The second kappa shape index (κ2) is 7.80. The van der Waals surface area contributed by atoms with Crippen LogP contribution >= 0.6 is 23.2 Å². The van der Waals surface area contributed by atoms with Crippen molar-refractivity contribution in [2.75, 3.05) is 17.5 Å². The molecule has 1 aromatic heterocycles. The Kier molecular flexibility index (Phi) is 5.64. The van der Waals surface area contributed by atoms with Gasteiger partial charge in [0.2, 0.25) is 0 Å². The molecule has 0 saturated heterocycles. The molecule has 0 fully saturated rings. The minimum absolute atomic E-state index is 0.113. The van der Waals surface area contributed by atoms with Gasteiger partial charge in [-0.15, -0.1) is 0 Å². The molecule has 6 nitrogen and oxygen atoms in total. The van der Waals surface area contributed by atoms with Gasteiger partial charge in [-0.3, -0.25) is 9.10 Å². The number of carbonyl (C=O) groups is 1.